The van der Waals surface area contributed by atoms with E-state index in [1.54, 1.807) is 11.8 Å². The topological polar surface area (TPSA) is 119 Å². The molecule has 1 aromatic carbocycles. The van der Waals surface area contributed by atoms with Crippen LogP contribution < -0.4 is 10.6 Å². The molecule has 0 bridgehead atoms. The van der Waals surface area contributed by atoms with Crippen LogP contribution in [0.15, 0.2) is 36.1 Å². The van der Waals surface area contributed by atoms with Crippen molar-refractivity contribution in [2.45, 2.75) is 39.3 Å². The third-order valence-corrected chi connectivity index (χ3v) is 5.34. The number of hydrogen-bond donors (Lipinski definition) is 3. The van der Waals surface area contributed by atoms with Gasteiger partial charge in [-0.05, 0) is 45.0 Å². The van der Waals surface area contributed by atoms with E-state index in [1.807, 2.05) is 58.2 Å². The molecule has 0 saturated carbocycles. The molecule has 0 aliphatic heterocycles. The fraction of sp³-hybridized carbons (Fsp3) is 0.391. The van der Waals surface area contributed by atoms with E-state index >= 15 is 0 Å². The van der Waals surface area contributed by atoms with Gasteiger partial charge in [0.15, 0.2) is 12.4 Å². The smallest absolute Gasteiger partial charge is 0.258 e. The molecule has 10 nitrogen and oxygen atoms in total. The minimum Gasteiger partial charge on any atom is -0.485 e. The monoisotopic (exact) mass is 451 g/mol. The van der Waals surface area contributed by atoms with Crippen LogP contribution in [-0.4, -0.2) is 56.7 Å². The Labute approximate surface area is 192 Å². The summed E-state index contributed by atoms with van der Waals surface area (Å²) in [6.45, 7) is 5.73. The zero-order chi connectivity index (χ0) is 23.5. The maximum atomic E-state index is 11.9. The molecule has 1 amide bonds. The van der Waals surface area contributed by atoms with E-state index in [-0.39, 0.29) is 24.7 Å². The van der Waals surface area contributed by atoms with Crippen molar-refractivity contribution in [2.24, 2.45) is 7.05 Å². The number of anilines is 2. The number of carbonyl (C=O) groups is 1. The van der Waals surface area contributed by atoms with Crippen LogP contribution >= 0.6 is 0 Å². The van der Waals surface area contributed by atoms with Crippen molar-refractivity contribution in [3.63, 3.8) is 0 Å². The summed E-state index contributed by atoms with van der Waals surface area (Å²) >= 11 is 0. The van der Waals surface area contributed by atoms with E-state index in [9.17, 15) is 4.79 Å². The third-order valence-electron chi connectivity index (χ3n) is 5.34. The number of rotatable bonds is 8. The second kappa shape index (κ2) is 9.45. The lowest BCUT2D eigenvalue weighted by atomic mass is 10.0. The Balaban J connectivity index is 1.49. The number of allylic oxidation sites excluding steroid dienone is 2. The highest BCUT2D eigenvalue weighted by Gasteiger charge is 2.24. The second-order valence-corrected chi connectivity index (χ2v) is 8.28. The van der Waals surface area contributed by atoms with E-state index in [1.165, 1.54) is 0 Å². The van der Waals surface area contributed by atoms with Gasteiger partial charge < -0.3 is 20.1 Å². The molecule has 0 saturated heterocycles. The molecule has 10 heteroatoms. The molecular formula is C23H29N7O3. The molecule has 2 aromatic heterocycles. The molecule has 1 aliphatic rings. The van der Waals surface area contributed by atoms with Gasteiger partial charge in [0.25, 0.3) is 5.91 Å². The summed E-state index contributed by atoms with van der Waals surface area (Å²) in [6.07, 6.45) is 3.95. The highest BCUT2D eigenvalue weighted by atomic mass is 16.5. The summed E-state index contributed by atoms with van der Waals surface area (Å²) in [5.74, 6) is 1.67. The molecule has 0 fully saturated rings. The maximum absolute atomic E-state index is 11.9. The van der Waals surface area contributed by atoms with Crippen LogP contribution in [0.5, 0.6) is 0 Å². The number of nitrogens with zero attached hydrogens (tertiary/aromatic N) is 4. The number of aryl methyl sites for hydroxylation is 2. The number of aromatic nitrogens is 5. The zero-order valence-electron chi connectivity index (χ0n) is 19.5. The summed E-state index contributed by atoms with van der Waals surface area (Å²) in [5.41, 5.74) is 3.75. The predicted octanol–water partition coefficient (Wildman–Crippen LogP) is 2.97. The van der Waals surface area contributed by atoms with Crippen LogP contribution in [0, 0.1) is 6.92 Å². The molecule has 1 unspecified atom stereocenters. The minimum absolute atomic E-state index is 0.0522. The van der Waals surface area contributed by atoms with Gasteiger partial charge in [0.2, 0.25) is 5.95 Å². The number of amides is 1. The molecule has 33 heavy (non-hydrogen) atoms. The predicted molar refractivity (Wildman–Crippen MR) is 126 cm³/mol. The lowest BCUT2D eigenvalue weighted by molar-refractivity contribution is -0.125. The first-order chi connectivity index (χ1) is 15.8. The van der Waals surface area contributed by atoms with Gasteiger partial charge in [-0.3, -0.25) is 9.89 Å². The number of benzene rings is 1. The van der Waals surface area contributed by atoms with Gasteiger partial charge in [0.1, 0.15) is 11.9 Å². The van der Waals surface area contributed by atoms with E-state index in [2.05, 4.69) is 30.9 Å². The molecule has 2 heterocycles. The van der Waals surface area contributed by atoms with Gasteiger partial charge in [-0.15, -0.1) is 5.10 Å². The number of methoxy groups -OCH3 is 1. The first-order valence-electron chi connectivity index (χ1n) is 10.8. The number of nitrogens with one attached hydrogen (secondary N) is 3. The largest absolute Gasteiger partial charge is 0.485 e. The van der Waals surface area contributed by atoms with Gasteiger partial charge in [0, 0.05) is 43.3 Å². The average Bonchev–Trinajstić information content (AvgIpc) is 3.34. The summed E-state index contributed by atoms with van der Waals surface area (Å²) in [7, 11) is 3.46. The Morgan fingerprint density at radius 1 is 1.33 bits per heavy atom. The van der Waals surface area contributed by atoms with Crippen LogP contribution in [0.25, 0.3) is 16.5 Å². The Bertz CT molecular complexity index is 1220. The summed E-state index contributed by atoms with van der Waals surface area (Å²) in [6, 6.07) is 6.05. The van der Waals surface area contributed by atoms with E-state index < -0.39 is 0 Å². The van der Waals surface area contributed by atoms with Gasteiger partial charge in [0.05, 0.1) is 11.2 Å². The maximum Gasteiger partial charge on any atom is 0.258 e. The van der Waals surface area contributed by atoms with Crippen molar-refractivity contribution >= 4 is 34.0 Å². The van der Waals surface area contributed by atoms with Crippen molar-refractivity contribution in [3.05, 3.63) is 47.6 Å². The number of H-pyrrole nitrogens is 1. The molecule has 0 radical (unpaired) electrons. The Morgan fingerprint density at radius 2 is 2.15 bits per heavy atom. The molecular weight excluding hydrogens is 422 g/mol. The average molecular weight is 452 g/mol. The van der Waals surface area contributed by atoms with Gasteiger partial charge >= 0.3 is 0 Å². The fourth-order valence-electron chi connectivity index (χ4n) is 3.66. The van der Waals surface area contributed by atoms with E-state index in [4.69, 9.17) is 9.47 Å². The summed E-state index contributed by atoms with van der Waals surface area (Å²) in [4.78, 5) is 16.6. The molecule has 174 valence electrons. The molecule has 3 aromatic rings. The first-order valence-corrected chi connectivity index (χ1v) is 10.8. The highest BCUT2D eigenvalue weighted by molar-refractivity contribution is 5.85. The van der Waals surface area contributed by atoms with E-state index in [0.717, 1.165) is 27.9 Å². The Morgan fingerprint density at radius 3 is 2.91 bits per heavy atom. The standard InChI is InChI=1S/C23H29N7O3/c1-13(2)24-21(31)12-33-19-9-6-15(10-20(19)32-5)22-26-23(30(4)29-22)25-16-7-8-18-17(11-16)14(3)27-28-18/h6-9,11,13,20H,10,12H2,1-5H3,(H,24,31)(H,27,28)(H,25,26,29). The van der Waals surface area contributed by atoms with Crippen molar-refractivity contribution < 1.29 is 14.3 Å². The van der Waals surface area contributed by atoms with Gasteiger partial charge in [-0.1, -0.05) is 6.08 Å². The quantitative estimate of drug-likeness (QED) is 0.482. The zero-order valence-corrected chi connectivity index (χ0v) is 19.5. The lowest BCUT2D eigenvalue weighted by Gasteiger charge is -2.23. The van der Waals surface area contributed by atoms with Crippen LogP contribution in [-0.2, 0) is 21.3 Å². The van der Waals surface area contributed by atoms with Crippen molar-refractivity contribution in [3.8, 4) is 0 Å². The number of carbonyl (C=O) groups excluding carboxylic acids is 1. The normalized spacial score (nSPS) is 16.0. The molecule has 0 spiro atoms. The molecule has 4 rings (SSSR count). The lowest BCUT2D eigenvalue weighted by Crippen LogP contribution is -2.34. The first kappa shape index (κ1) is 22.5. The summed E-state index contributed by atoms with van der Waals surface area (Å²) in [5, 5.41) is 19.0. The minimum atomic E-state index is -0.316. The molecule has 1 atom stereocenters. The van der Waals surface area contributed by atoms with Gasteiger partial charge in [-0.2, -0.15) is 10.1 Å². The van der Waals surface area contributed by atoms with Crippen LogP contribution in [0.1, 0.15) is 31.8 Å². The molecule has 1 aliphatic carbocycles. The number of fused-ring (bicyclic) bond motifs is 1. The molecule has 3 N–H and O–H groups in total. The van der Waals surface area contributed by atoms with Crippen LogP contribution in [0.2, 0.25) is 0 Å². The second-order valence-electron chi connectivity index (χ2n) is 8.28. The van der Waals surface area contributed by atoms with Gasteiger partial charge in [-0.25, -0.2) is 4.68 Å². The van der Waals surface area contributed by atoms with Crippen molar-refractivity contribution in [2.75, 3.05) is 19.0 Å². The number of hydrogen-bond acceptors (Lipinski definition) is 7. The fourth-order valence-corrected chi connectivity index (χ4v) is 3.66. The number of ether oxygens (including phenoxy) is 2. The van der Waals surface area contributed by atoms with Crippen molar-refractivity contribution in [1.29, 1.82) is 0 Å². The van der Waals surface area contributed by atoms with Crippen LogP contribution in [0.4, 0.5) is 11.6 Å². The third kappa shape index (κ3) is 5.06. The van der Waals surface area contributed by atoms with Crippen LogP contribution in [0.3, 0.4) is 0 Å². The highest BCUT2D eigenvalue weighted by Crippen LogP contribution is 2.29. The summed E-state index contributed by atoms with van der Waals surface area (Å²) < 4.78 is 13.0. The Hall–Kier alpha value is -3.66. The van der Waals surface area contributed by atoms with Crippen molar-refractivity contribution in [1.82, 2.24) is 30.3 Å². The SMILES string of the molecule is COC1CC(c2nc(Nc3ccc4[nH]nc(C)c4c3)n(C)n2)=CC=C1OCC(=O)NC(C)C. The van der Waals surface area contributed by atoms with E-state index in [0.29, 0.717) is 24.0 Å². The Kier molecular flexibility index (Phi) is 6.45. The number of aromatic amines is 1.